The van der Waals surface area contributed by atoms with Crippen LogP contribution in [0.5, 0.6) is 0 Å². The van der Waals surface area contributed by atoms with Gasteiger partial charge in [-0.2, -0.15) is 0 Å². The maximum atomic E-state index is 5.76. The molecule has 0 aromatic heterocycles. The van der Waals surface area contributed by atoms with Crippen molar-refractivity contribution in [3.05, 3.63) is 0 Å². The van der Waals surface area contributed by atoms with Crippen molar-refractivity contribution in [3.63, 3.8) is 0 Å². The fourth-order valence-electron chi connectivity index (χ4n) is 1.31. The number of hydrogen-bond donors (Lipinski definition) is 1. The first kappa shape index (κ1) is 11.9. The molecule has 1 unspecified atom stereocenters. The van der Waals surface area contributed by atoms with Gasteiger partial charge >= 0.3 is 0 Å². The molecule has 0 heterocycles. The second kappa shape index (κ2) is 7.56. The van der Waals surface area contributed by atoms with Crippen LogP contribution in [0.25, 0.3) is 0 Å². The Labute approximate surface area is 76.5 Å². The summed E-state index contributed by atoms with van der Waals surface area (Å²) in [7, 11) is 0. The molecule has 0 radical (unpaired) electrons. The van der Waals surface area contributed by atoms with Gasteiger partial charge in [-0.15, -0.1) is 0 Å². The number of nitrogens with two attached hydrogens (primary N) is 1. The van der Waals surface area contributed by atoms with Crippen LogP contribution in [0.3, 0.4) is 0 Å². The lowest BCUT2D eigenvalue weighted by Gasteiger charge is -2.20. The Morgan fingerprint density at radius 3 is 2.00 bits per heavy atom. The van der Waals surface area contributed by atoms with Crippen molar-refractivity contribution in [1.29, 1.82) is 0 Å². The summed E-state index contributed by atoms with van der Waals surface area (Å²) in [6, 6.07) is 0. The molecule has 0 amide bonds. The normalized spacial score (nSPS) is 13.8. The third kappa shape index (κ3) is 5.56. The van der Waals surface area contributed by atoms with Crippen LogP contribution in [-0.2, 0) is 4.74 Å². The molecule has 12 heavy (non-hydrogen) atoms. The third-order valence-electron chi connectivity index (χ3n) is 1.98. The van der Waals surface area contributed by atoms with Crippen LogP contribution in [-0.4, -0.2) is 18.8 Å². The second-order valence-corrected chi connectivity index (χ2v) is 3.38. The van der Waals surface area contributed by atoms with Crippen LogP contribution < -0.4 is 5.73 Å². The molecule has 2 heteroatoms. The Bertz CT molecular complexity index is 89.8. The number of ether oxygens (including phenoxy) is 1. The van der Waals surface area contributed by atoms with E-state index in [-0.39, 0.29) is 6.10 Å². The smallest absolute Gasteiger partial charge is 0.0672 e. The van der Waals surface area contributed by atoms with Crippen molar-refractivity contribution in [3.8, 4) is 0 Å². The minimum absolute atomic E-state index is 0.216. The highest BCUT2D eigenvalue weighted by Crippen LogP contribution is 2.11. The van der Waals surface area contributed by atoms with Gasteiger partial charge in [0.25, 0.3) is 0 Å². The monoisotopic (exact) mass is 173 g/mol. The van der Waals surface area contributed by atoms with E-state index in [0.717, 1.165) is 12.8 Å². The Balaban J connectivity index is 3.61. The summed E-state index contributed by atoms with van der Waals surface area (Å²) in [5.41, 5.74) is 5.49. The molecule has 0 saturated carbocycles. The highest BCUT2D eigenvalue weighted by atomic mass is 16.5. The molecule has 2 N–H and O–H groups in total. The average Bonchev–Trinajstić information content (AvgIpc) is 2.05. The van der Waals surface area contributed by atoms with Gasteiger partial charge in [-0.25, -0.2) is 0 Å². The number of hydrogen-bond acceptors (Lipinski definition) is 2. The fraction of sp³-hybridized carbons (Fsp3) is 1.00. The molecule has 0 saturated heterocycles. The van der Waals surface area contributed by atoms with Crippen molar-refractivity contribution in [2.75, 3.05) is 6.54 Å². The topological polar surface area (TPSA) is 35.2 Å². The van der Waals surface area contributed by atoms with Crippen LogP contribution in [0.4, 0.5) is 0 Å². The minimum Gasteiger partial charge on any atom is -0.374 e. The molecule has 0 aromatic rings. The lowest BCUT2D eigenvalue weighted by atomic mass is 10.1. The molecular formula is C10H23NO. The van der Waals surface area contributed by atoms with Gasteiger partial charge in [0.2, 0.25) is 0 Å². The minimum atomic E-state index is 0.216. The first-order chi connectivity index (χ1) is 5.74. The standard InChI is InChI=1S/C10H23NO/c1-4-6-10(7-5-2)12-9(3)8-11/h9-10H,4-8,11H2,1-3H3. The van der Waals surface area contributed by atoms with E-state index in [4.69, 9.17) is 10.5 Å². The lowest BCUT2D eigenvalue weighted by Crippen LogP contribution is -2.26. The predicted molar refractivity (Wildman–Crippen MR) is 53.2 cm³/mol. The predicted octanol–water partition coefficient (Wildman–Crippen LogP) is 2.32. The first-order valence-electron chi connectivity index (χ1n) is 5.10. The SMILES string of the molecule is CCCC(CCC)OC(C)CN. The third-order valence-corrected chi connectivity index (χ3v) is 1.98. The summed E-state index contributed by atoms with van der Waals surface area (Å²) >= 11 is 0. The second-order valence-electron chi connectivity index (χ2n) is 3.38. The maximum absolute atomic E-state index is 5.76. The fourth-order valence-corrected chi connectivity index (χ4v) is 1.31. The largest absolute Gasteiger partial charge is 0.374 e. The van der Waals surface area contributed by atoms with Crippen LogP contribution in [0.15, 0.2) is 0 Å². The summed E-state index contributed by atoms with van der Waals surface area (Å²) in [5.74, 6) is 0. The first-order valence-corrected chi connectivity index (χ1v) is 5.10. The zero-order valence-corrected chi connectivity index (χ0v) is 8.68. The van der Waals surface area contributed by atoms with Gasteiger partial charge in [-0.1, -0.05) is 26.7 Å². The summed E-state index contributed by atoms with van der Waals surface area (Å²) in [4.78, 5) is 0. The van der Waals surface area contributed by atoms with E-state index in [2.05, 4.69) is 13.8 Å². The summed E-state index contributed by atoms with van der Waals surface area (Å²) < 4.78 is 5.76. The zero-order chi connectivity index (χ0) is 9.40. The van der Waals surface area contributed by atoms with Gasteiger partial charge < -0.3 is 10.5 Å². The highest BCUT2D eigenvalue weighted by molar-refractivity contribution is 4.60. The van der Waals surface area contributed by atoms with Crippen molar-refractivity contribution in [2.45, 2.75) is 58.7 Å². The zero-order valence-electron chi connectivity index (χ0n) is 8.68. The van der Waals surface area contributed by atoms with Gasteiger partial charge in [-0.3, -0.25) is 0 Å². The maximum Gasteiger partial charge on any atom is 0.0672 e. The summed E-state index contributed by atoms with van der Waals surface area (Å²) in [5, 5.41) is 0. The lowest BCUT2D eigenvalue weighted by molar-refractivity contribution is -0.00674. The van der Waals surface area contributed by atoms with Crippen LogP contribution in [0.1, 0.15) is 46.5 Å². The molecule has 0 bridgehead atoms. The highest BCUT2D eigenvalue weighted by Gasteiger charge is 2.09. The van der Waals surface area contributed by atoms with E-state index < -0.39 is 0 Å². The van der Waals surface area contributed by atoms with Gasteiger partial charge in [0.1, 0.15) is 0 Å². The van der Waals surface area contributed by atoms with Crippen LogP contribution in [0, 0.1) is 0 Å². The van der Waals surface area contributed by atoms with E-state index in [1.165, 1.54) is 12.8 Å². The summed E-state index contributed by atoms with van der Waals surface area (Å²) in [6.45, 7) is 7.06. The molecule has 74 valence electrons. The molecule has 0 aliphatic heterocycles. The molecular weight excluding hydrogens is 150 g/mol. The van der Waals surface area contributed by atoms with Gasteiger partial charge in [0, 0.05) is 6.54 Å². The van der Waals surface area contributed by atoms with E-state index in [9.17, 15) is 0 Å². The molecule has 1 atom stereocenters. The van der Waals surface area contributed by atoms with Crippen molar-refractivity contribution >= 4 is 0 Å². The molecule has 0 aliphatic carbocycles. The average molecular weight is 173 g/mol. The molecule has 2 nitrogen and oxygen atoms in total. The Kier molecular flexibility index (Phi) is 7.51. The quantitative estimate of drug-likeness (QED) is 0.641. The van der Waals surface area contributed by atoms with Crippen LogP contribution in [0.2, 0.25) is 0 Å². The Morgan fingerprint density at radius 2 is 1.67 bits per heavy atom. The van der Waals surface area contributed by atoms with E-state index in [1.807, 2.05) is 6.92 Å². The van der Waals surface area contributed by atoms with E-state index in [1.54, 1.807) is 0 Å². The Hall–Kier alpha value is -0.0800. The molecule has 0 rings (SSSR count). The van der Waals surface area contributed by atoms with Crippen LogP contribution >= 0.6 is 0 Å². The van der Waals surface area contributed by atoms with Crippen molar-refractivity contribution in [1.82, 2.24) is 0 Å². The van der Waals surface area contributed by atoms with Crippen molar-refractivity contribution in [2.24, 2.45) is 5.73 Å². The van der Waals surface area contributed by atoms with E-state index in [0.29, 0.717) is 12.6 Å². The molecule has 0 spiro atoms. The number of rotatable bonds is 7. The molecule has 0 fully saturated rings. The summed E-state index contributed by atoms with van der Waals surface area (Å²) in [6.07, 6.45) is 5.37. The van der Waals surface area contributed by atoms with Gasteiger partial charge in [0.05, 0.1) is 12.2 Å². The molecule has 0 aromatic carbocycles. The van der Waals surface area contributed by atoms with Crippen molar-refractivity contribution < 1.29 is 4.74 Å². The Morgan fingerprint density at radius 1 is 1.17 bits per heavy atom. The van der Waals surface area contributed by atoms with Gasteiger partial charge in [0.15, 0.2) is 0 Å². The van der Waals surface area contributed by atoms with Gasteiger partial charge in [-0.05, 0) is 19.8 Å². The van der Waals surface area contributed by atoms with E-state index >= 15 is 0 Å². The molecule has 0 aliphatic rings.